The highest BCUT2D eigenvalue weighted by molar-refractivity contribution is 5.19. The van der Waals surface area contributed by atoms with Crippen LogP contribution >= 0.6 is 0 Å². The Kier molecular flexibility index (Phi) is 3.96. The van der Waals surface area contributed by atoms with Crippen LogP contribution < -0.4 is 5.32 Å². The highest BCUT2D eigenvalue weighted by Crippen LogP contribution is 2.28. The van der Waals surface area contributed by atoms with E-state index in [2.05, 4.69) is 40.5 Å². The summed E-state index contributed by atoms with van der Waals surface area (Å²) in [5.41, 5.74) is 1.47. The average Bonchev–Trinajstić information content (AvgIpc) is 3.08. The van der Waals surface area contributed by atoms with E-state index in [1.807, 2.05) is 0 Å². The van der Waals surface area contributed by atoms with Gasteiger partial charge in [0.25, 0.3) is 0 Å². The number of hydrogen-bond donors (Lipinski definition) is 1. The Labute approximate surface area is 110 Å². The van der Waals surface area contributed by atoms with Gasteiger partial charge in [-0.1, -0.05) is 30.3 Å². The SMILES string of the molecule is c1ccc([C@H](CNCC2CC2)N2CCCC2)cc1. The van der Waals surface area contributed by atoms with E-state index in [1.54, 1.807) is 0 Å². The second-order valence-electron chi connectivity index (χ2n) is 5.77. The molecule has 1 heterocycles. The number of rotatable bonds is 6. The van der Waals surface area contributed by atoms with Crippen LogP contribution in [0.3, 0.4) is 0 Å². The topological polar surface area (TPSA) is 15.3 Å². The minimum atomic E-state index is 0.576. The fourth-order valence-electron chi connectivity index (χ4n) is 2.93. The molecule has 1 aliphatic heterocycles. The van der Waals surface area contributed by atoms with Crippen LogP contribution in [-0.2, 0) is 0 Å². The summed E-state index contributed by atoms with van der Waals surface area (Å²) >= 11 is 0. The summed E-state index contributed by atoms with van der Waals surface area (Å²) in [6.07, 6.45) is 5.61. The quantitative estimate of drug-likeness (QED) is 0.828. The van der Waals surface area contributed by atoms with Crippen molar-refractivity contribution in [3.8, 4) is 0 Å². The first-order chi connectivity index (χ1) is 8.93. The van der Waals surface area contributed by atoms with Gasteiger partial charge >= 0.3 is 0 Å². The molecule has 98 valence electrons. The van der Waals surface area contributed by atoms with E-state index < -0.39 is 0 Å². The van der Waals surface area contributed by atoms with E-state index in [4.69, 9.17) is 0 Å². The molecular weight excluding hydrogens is 220 g/mol. The Morgan fingerprint density at radius 1 is 1.11 bits per heavy atom. The summed E-state index contributed by atoms with van der Waals surface area (Å²) < 4.78 is 0. The smallest absolute Gasteiger partial charge is 0.0472 e. The van der Waals surface area contributed by atoms with Gasteiger partial charge in [-0.05, 0) is 56.8 Å². The molecule has 3 rings (SSSR count). The lowest BCUT2D eigenvalue weighted by Crippen LogP contribution is -2.34. The van der Waals surface area contributed by atoms with Gasteiger partial charge in [-0.25, -0.2) is 0 Å². The molecule has 0 unspecified atom stereocenters. The van der Waals surface area contributed by atoms with Gasteiger partial charge in [-0.15, -0.1) is 0 Å². The average molecular weight is 244 g/mol. The lowest BCUT2D eigenvalue weighted by atomic mass is 10.1. The van der Waals surface area contributed by atoms with E-state index in [0.29, 0.717) is 6.04 Å². The maximum Gasteiger partial charge on any atom is 0.0472 e. The van der Waals surface area contributed by atoms with Crippen LogP contribution in [0.4, 0.5) is 0 Å². The minimum Gasteiger partial charge on any atom is -0.315 e. The minimum absolute atomic E-state index is 0.576. The Hall–Kier alpha value is -0.860. The second-order valence-corrected chi connectivity index (χ2v) is 5.77. The molecule has 1 aromatic rings. The normalized spacial score (nSPS) is 22.2. The van der Waals surface area contributed by atoms with E-state index in [-0.39, 0.29) is 0 Å². The highest BCUT2D eigenvalue weighted by atomic mass is 15.2. The predicted molar refractivity (Wildman–Crippen MR) is 75.6 cm³/mol. The summed E-state index contributed by atoms with van der Waals surface area (Å²) in [5.74, 6) is 0.972. The van der Waals surface area contributed by atoms with Crippen LogP contribution in [0.15, 0.2) is 30.3 Å². The lowest BCUT2D eigenvalue weighted by Gasteiger charge is -2.28. The second kappa shape index (κ2) is 5.85. The van der Waals surface area contributed by atoms with Crippen molar-refractivity contribution >= 4 is 0 Å². The molecule has 0 amide bonds. The fourth-order valence-corrected chi connectivity index (χ4v) is 2.93. The number of hydrogen-bond acceptors (Lipinski definition) is 2. The van der Waals surface area contributed by atoms with Gasteiger partial charge in [-0.3, -0.25) is 4.90 Å². The lowest BCUT2D eigenvalue weighted by molar-refractivity contribution is 0.238. The van der Waals surface area contributed by atoms with E-state index in [0.717, 1.165) is 12.5 Å². The maximum atomic E-state index is 3.68. The van der Waals surface area contributed by atoms with E-state index >= 15 is 0 Å². The van der Waals surface area contributed by atoms with Crippen molar-refractivity contribution in [1.82, 2.24) is 10.2 Å². The molecule has 0 aromatic heterocycles. The maximum absolute atomic E-state index is 3.68. The van der Waals surface area contributed by atoms with Crippen molar-refractivity contribution in [3.05, 3.63) is 35.9 Å². The molecule has 2 fully saturated rings. The zero-order valence-electron chi connectivity index (χ0n) is 11.1. The van der Waals surface area contributed by atoms with Gasteiger partial charge < -0.3 is 5.32 Å². The molecule has 1 saturated heterocycles. The fraction of sp³-hybridized carbons (Fsp3) is 0.625. The van der Waals surface area contributed by atoms with Crippen LogP contribution in [-0.4, -0.2) is 31.1 Å². The Bertz CT molecular complexity index is 353. The first-order valence-corrected chi connectivity index (χ1v) is 7.43. The van der Waals surface area contributed by atoms with Crippen LogP contribution in [0, 0.1) is 5.92 Å². The van der Waals surface area contributed by atoms with Crippen molar-refractivity contribution < 1.29 is 0 Å². The molecule has 2 heteroatoms. The van der Waals surface area contributed by atoms with E-state index in [9.17, 15) is 0 Å². The molecule has 0 radical (unpaired) electrons. The predicted octanol–water partition coefficient (Wildman–Crippen LogP) is 2.82. The van der Waals surface area contributed by atoms with Gasteiger partial charge in [0.05, 0.1) is 0 Å². The van der Waals surface area contributed by atoms with Crippen molar-refractivity contribution in [2.45, 2.75) is 31.7 Å². The van der Waals surface area contributed by atoms with Crippen molar-refractivity contribution in [1.29, 1.82) is 0 Å². The largest absolute Gasteiger partial charge is 0.315 e. The van der Waals surface area contributed by atoms with Gasteiger partial charge in [0.2, 0.25) is 0 Å². The van der Waals surface area contributed by atoms with Crippen molar-refractivity contribution in [3.63, 3.8) is 0 Å². The van der Waals surface area contributed by atoms with Gasteiger partial charge in [0.15, 0.2) is 0 Å². The first-order valence-electron chi connectivity index (χ1n) is 7.43. The first kappa shape index (κ1) is 12.2. The molecule has 1 aromatic carbocycles. The number of benzene rings is 1. The number of likely N-dealkylation sites (tertiary alicyclic amines) is 1. The Balaban J connectivity index is 1.62. The highest BCUT2D eigenvalue weighted by Gasteiger charge is 2.25. The van der Waals surface area contributed by atoms with Crippen LogP contribution in [0.25, 0.3) is 0 Å². The molecule has 1 aliphatic carbocycles. The number of nitrogens with one attached hydrogen (secondary N) is 1. The monoisotopic (exact) mass is 244 g/mol. The van der Waals surface area contributed by atoms with Gasteiger partial charge in [0, 0.05) is 12.6 Å². The molecule has 1 atom stereocenters. The van der Waals surface area contributed by atoms with Gasteiger partial charge in [0.1, 0.15) is 0 Å². The molecular formula is C16H24N2. The molecule has 18 heavy (non-hydrogen) atoms. The Morgan fingerprint density at radius 2 is 1.83 bits per heavy atom. The Morgan fingerprint density at radius 3 is 2.50 bits per heavy atom. The van der Waals surface area contributed by atoms with Crippen molar-refractivity contribution in [2.24, 2.45) is 5.92 Å². The third-order valence-corrected chi connectivity index (χ3v) is 4.23. The third-order valence-electron chi connectivity index (χ3n) is 4.23. The molecule has 2 nitrogen and oxygen atoms in total. The zero-order chi connectivity index (χ0) is 12.2. The molecule has 0 bridgehead atoms. The molecule has 0 spiro atoms. The zero-order valence-corrected chi connectivity index (χ0v) is 11.1. The number of nitrogens with zero attached hydrogens (tertiary/aromatic N) is 1. The van der Waals surface area contributed by atoms with Gasteiger partial charge in [-0.2, -0.15) is 0 Å². The molecule has 1 saturated carbocycles. The van der Waals surface area contributed by atoms with Crippen LogP contribution in [0.5, 0.6) is 0 Å². The third kappa shape index (κ3) is 3.12. The summed E-state index contributed by atoms with van der Waals surface area (Å²) in [7, 11) is 0. The standard InChI is InChI=1S/C16H24N2/c1-2-6-15(7-3-1)16(18-10-4-5-11-18)13-17-12-14-8-9-14/h1-3,6-7,14,16-17H,4-5,8-13H2/t16-/m0/s1. The van der Waals surface area contributed by atoms with E-state index in [1.165, 1.54) is 50.9 Å². The molecule has 1 N–H and O–H groups in total. The summed E-state index contributed by atoms with van der Waals surface area (Å²) in [6, 6.07) is 11.6. The summed E-state index contributed by atoms with van der Waals surface area (Å²) in [5, 5.41) is 3.68. The summed E-state index contributed by atoms with van der Waals surface area (Å²) in [6.45, 7) is 4.87. The van der Waals surface area contributed by atoms with Crippen LogP contribution in [0.2, 0.25) is 0 Å². The van der Waals surface area contributed by atoms with Crippen LogP contribution in [0.1, 0.15) is 37.3 Å². The molecule has 2 aliphatic rings. The summed E-state index contributed by atoms with van der Waals surface area (Å²) in [4.78, 5) is 2.65. The van der Waals surface area contributed by atoms with Crippen molar-refractivity contribution in [2.75, 3.05) is 26.2 Å².